The number of hydrogen-bond acceptors (Lipinski definition) is 6. The highest BCUT2D eigenvalue weighted by Gasteiger charge is 2.37. The number of rotatable bonds is 4. The van der Waals surface area contributed by atoms with E-state index in [1.165, 1.54) is 10.3 Å². The van der Waals surface area contributed by atoms with Crippen LogP contribution in [0.5, 0.6) is 0 Å². The van der Waals surface area contributed by atoms with E-state index in [9.17, 15) is 4.79 Å². The number of para-hydroxylation sites is 1. The zero-order chi connectivity index (χ0) is 18.4. The molecule has 2 N–H and O–H groups in total. The van der Waals surface area contributed by atoms with Gasteiger partial charge in [-0.2, -0.15) is 0 Å². The molecule has 3 aromatic rings. The fourth-order valence-electron chi connectivity index (χ4n) is 3.90. The van der Waals surface area contributed by atoms with Crippen LogP contribution < -0.4 is 5.32 Å². The van der Waals surface area contributed by atoms with Crippen molar-refractivity contribution < 1.29 is 9.53 Å². The van der Waals surface area contributed by atoms with Crippen molar-refractivity contribution in [1.82, 2.24) is 19.8 Å². The van der Waals surface area contributed by atoms with Gasteiger partial charge in [0.15, 0.2) is 0 Å². The molecule has 0 radical (unpaired) electrons. The van der Waals surface area contributed by atoms with E-state index < -0.39 is 0 Å². The summed E-state index contributed by atoms with van der Waals surface area (Å²) in [4.78, 5) is 25.2. The zero-order valence-corrected chi connectivity index (χ0v) is 15.9. The van der Waals surface area contributed by atoms with Gasteiger partial charge in [0.25, 0.3) is 0 Å². The highest BCUT2D eigenvalue weighted by atomic mass is 32.1. The number of H-pyrrole nitrogens is 1. The number of hydrogen-bond donors (Lipinski definition) is 2. The summed E-state index contributed by atoms with van der Waals surface area (Å²) in [5, 5.41) is 5.40. The number of thiazole rings is 1. The quantitative estimate of drug-likeness (QED) is 0.725. The van der Waals surface area contributed by atoms with Crippen LogP contribution in [0.4, 0.5) is 10.5 Å². The first-order valence-electron chi connectivity index (χ1n) is 9.11. The molecular weight excluding hydrogens is 362 g/mol. The minimum Gasteiger partial charge on any atom is -0.447 e. The number of cyclic esters (lactones) is 1. The second-order valence-electron chi connectivity index (χ2n) is 6.99. The fourth-order valence-corrected chi connectivity index (χ4v) is 4.83. The number of amides is 1. The number of aromatic nitrogens is 2. The number of aromatic amines is 1. The molecule has 140 valence electrons. The predicted molar refractivity (Wildman–Crippen MR) is 106 cm³/mol. The molecule has 1 aromatic carbocycles. The minimum absolute atomic E-state index is 0.167. The summed E-state index contributed by atoms with van der Waals surface area (Å²) in [7, 11) is 1.93. The van der Waals surface area contributed by atoms with Crippen LogP contribution in [0.1, 0.15) is 4.88 Å². The van der Waals surface area contributed by atoms with Crippen molar-refractivity contribution in [3.63, 3.8) is 0 Å². The molecular formula is C19H21N5O2S. The van der Waals surface area contributed by atoms with Gasteiger partial charge < -0.3 is 15.0 Å². The van der Waals surface area contributed by atoms with Crippen LogP contribution in [0, 0.1) is 0 Å². The first kappa shape index (κ1) is 16.6. The number of nitrogens with zero attached hydrogens (tertiary/aromatic N) is 3. The number of carbonyl (C=O) groups excluding carboxylic acids is 1. The highest BCUT2D eigenvalue weighted by Crippen LogP contribution is 2.31. The lowest BCUT2D eigenvalue weighted by molar-refractivity contribution is 0.116. The van der Waals surface area contributed by atoms with E-state index in [1.54, 1.807) is 11.3 Å². The Bertz CT molecular complexity index is 997. The van der Waals surface area contributed by atoms with E-state index in [0.29, 0.717) is 6.61 Å². The maximum atomic E-state index is 11.6. The molecule has 0 saturated carbocycles. The molecule has 1 amide bonds. The van der Waals surface area contributed by atoms with Gasteiger partial charge in [0.05, 0.1) is 22.9 Å². The van der Waals surface area contributed by atoms with E-state index in [2.05, 4.69) is 44.5 Å². The summed E-state index contributed by atoms with van der Waals surface area (Å²) in [5.41, 5.74) is 3.24. The molecule has 2 aliphatic rings. The Balaban J connectivity index is 1.32. The van der Waals surface area contributed by atoms with Crippen molar-refractivity contribution in [2.45, 2.75) is 12.6 Å². The molecule has 2 aromatic heterocycles. The van der Waals surface area contributed by atoms with Gasteiger partial charge in [0.1, 0.15) is 11.6 Å². The molecule has 7 nitrogen and oxygen atoms in total. The average molecular weight is 383 g/mol. The lowest BCUT2D eigenvalue weighted by atomic mass is 10.2. The van der Waals surface area contributed by atoms with Gasteiger partial charge in [-0.25, -0.2) is 9.78 Å². The van der Waals surface area contributed by atoms with Crippen LogP contribution in [0.25, 0.3) is 21.6 Å². The van der Waals surface area contributed by atoms with Crippen LogP contribution in [0.3, 0.4) is 0 Å². The maximum Gasteiger partial charge on any atom is 0.410 e. The first-order chi connectivity index (χ1) is 13.2. The molecule has 27 heavy (non-hydrogen) atoms. The molecule has 8 heteroatoms. The molecule has 4 heterocycles. The normalized spacial score (nSPS) is 20.1. The number of fused-ring (bicyclic) bond motifs is 2. The van der Waals surface area contributed by atoms with Gasteiger partial charge in [-0.1, -0.05) is 12.1 Å². The molecule has 0 bridgehead atoms. The van der Waals surface area contributed by atoms with Crippen LogP contribution in [0.15, 0.2) is 30.5 Å². The SMILES string of the molecule is CNc1cccc2cc(-c3ncc(CN4CCN5C(=O)OCC5C4)s3)[nH]c12. The van der Waals surface area contributed by atoms with Gasteiger partial charge in [0.2, 0.25) is 0 Å². The van der Waals surface area contributed by atoms with Crippen molar-refractivity contribution in [2.75, 3.05) is 38.6 Å². The summed E-state index contributed by atoms with van der Waals surface area (Å²) in [5.74, 6) is 0. The highest BCUT2D eigenvalue weighted by molar-refractivity contribution is 7.15. The molecule has 1 unspecified atom stereocenters. The lowest BCUT2D eigenvalue weighted by Gasteiger charge is -2.34. The first-order valence-corrected chi connectivity index (χ1v) is 9.93. The van der Waals surface area contributed by atoms with Crippen molar-refractivity contribution in [2.24, 2.45) is 0 Å². The van der Waals surface area contributed by atoms with Crippen LogP contribution in [-0.2, 0) is 11.3 Å². The Labute approximate surface area is 160 Å². The number of piperazine rings is 1. The molecule has 2 saturated heterocycles. The predicted octanol–water partition coefficient (Wildman–Crippen LogP) is 2.97. The molecule has 5 rings (SSSR count). The third-order valence-corrected chi connectivity index (χ3v) is 6.30. The zero-order valence-electron chi connectivity index (χ0n) is 15.1. The lowest BCUT2D eigenvalue weighted by Crippen LogP contribution is -2.51. The van der Waals surface area contributed by atoms with E-state index in [0.717, 1.165) is 48.1 Å². The molecule has 0 aliphatic carbocycles. The Hall–Kier alpha value is -2.58. The number of benzene rings is 1. The van der Waals surface area contributed by atoms with Gasteiger partial charge in [-0.05, 0) is 12.1 Å². The van der Waals surface area contributed by atoms with Crippen molar-refractivity contribution in [1.29, 1.82) is 0 Å². The van der Waals surface area contributed by atoms with E-state index >= 15 is 0 Å². The summed E-state index contributed by atoms with van der Waals surface area (Å²) in [6, 6.07) is 8.56. The second kappa shape index (κ2) is 6.54. The van der Waals surface area contributed by atoms with Gasteiger partial charge in [0, 0.05) is 49.7 Å². The molecule has 2 aliphatic heterocycles. The third kappa shape index (κ3) is 2.94. The van der Waals surface area contributed by atoms with Crippen molar-refractivity contribution >= 4 is 34.0 Å². The van der Waals surface area contributed by atoms with Crippen LogP contribution in [-0.4, -0.2) is 65.2 Å². The topological polar surface area (TPSA) is 73.5 Å². The minimum atomic E-state index is -0.167. The van der Waals surface area contributed by atoms with Crippen molar-refractivity contribution in [3.8, 4) is 10.7 Å². The smallest absolute Gasteiger partial charge is 0.410 e. The Morgan fingerprint density at radius 2 is 2.33 bits per heavy atom. The van der Waals surface area contributed by atoms with E-state index in [1.807, 2.05) is 18.1 Å². The summed E-state index contributed by atoms with van der Waals surface area (Å²) < 4.78 is 5.15. The Morgan fingerprint density at radius 1 is 1.41 bits per heavy atom. The monoisotopic (exact) mass is 383 g/mol. The number of ether oxygens (including phenoxy) is 1. The van der Waals surface area contributed by atoms with Crippen LogP contribution in [0.2, 0.25) is 0 Å². The Morgan fingerprint density at radius 3 is 3.22 bits per heavy atom. The summed E-state index contributed by atoms with van der Waals surface area (Å²) in [6.07, 6.45) is 1.80. The van der Waals surface area contributed by atoms with E-state index in [4.69, 9.17) is 4.74 Å². The molecule has 1 atom stereocenters. The number of carbonyl (C=O) groups is 1. The molecule has 0 spiro atoms. The van der Waals surface area contributed by atoms with Crippen molar-refractivity contribution in [3.05, 3.63) is 35.3 Å². The van der Waals surface area contributed by atoms with Crippen LogP contribution >= 0.6 is 11.3 Å². The number of anilines is 1. The van der Waals surface area contributed by atoms with Gasteiger partial charge >= 0.3 is 6.09 Å². The average Bonchev–Trinajstić information content (AvgIpc) is 3.40. The standard InChI is InChI=1S/C19H21N5O2S/c1-20-15-4-2-3-12-7-16(22-17(12)15)18-21-8-14(27-18)10-23-5-6-24-13(9-23)11-26-19(24)25/h2-4,7-8,13,20,22H,5-6,9-11H2,1H3. The largest absolute Gasteiger partial charge is 0.447 e. The second-order valence-corrected chi connectivity index (χ2v) is 8.11. The number of nitrogens with one attached hydrogen (secondary N) is 2. The van der Waals surface area contributed by atoms with Gasteiger partial charge in [-0.15, -0.1) is 11.3 Å². The van der Waals surface area contributed by atoms with E-state index in [-0.39, 0.29) is 12.1 Å². The summed E-state index contributed by atoms with van der Waals surface area (Å²) in [6.45, 7) is 3.84. The Kier molecular flexibility index (Phi) is 4.02. The molecule has 2 fully saturated rings. The maximum absolute atomic E-state index is 11.6. The van der Waals surface area contributed by atoms with Gasteiger partial charge in [-0.3, -0.25) is 9.80 Å². The summed E-state index contributed by atoms with van der Waals surface area (Å²) >= 11 is 1.72. The fraction of sp³-hybridized carbons (Fsp3) is 0.368. The third-order valence-electron chi connectivity index (χ3n) is 5.29.